The van der Waals surface area contributed by atoms with Gasteiger partial charge in [0.05, 0.1) is 5.52 Å². The van der Waals surface area contributed by atoms with Crippen LogP contribution in [-0.2, 0) is 0 Å². The number of carbonyl (C=O) groups is 1. The van der Waals surface area contributed by atoms with Crippen molar-refractivity contribution in [2.24, 2.45) is 0 Å². The Labute approximate surface area is 123 Å². The van der Waals surface area contributed by atoms with Crippen molar-refractivity contribution in [1.82, 2.24) is 9.88 Å². The number of hydrogen-bond acceptors (Lipinski definition) is 3. The quantitative estimate of drug-likeness (QED) is 0.807. The van der Waals surface area contributed by atoms with Gasteiger partial charge in [0.25, 0.3) is 5.91 Å². The second-order valence-electron chi connectivity index (χ2n) is 5.71. The van der Waals surface area contributed by atoms with Crippen molar-refractivity contribution in [3.8, 4) is 0 Å². The fourth-order valence-electron chi connectivity index (χ4n) is 2.65. The smallest absolute Gasteiger partial charge is 0.254 e. The van der Waals surface area contributed by atoms with Crippen LogP contribution < -0.4 is 0 Å². The number of carbonyl (C=O) groups excluding carboxylic acids is 1. The Balaban J connectivity index is 1.97. The van der Waals surface area contributed by atoms with E-state index in [0.29, 0.717) is 0 Å². The monoisotopic (exact) mass is 286 g/mol. The van der Waals surface area contributed by atoms with Gasteiger partial charge in [-0.3, -0.25) is 9.78 Å². The Morgan fingerprint density at radius 1 is 1.30 bits per heavy atom. The number of pyridine rings is 1. The lowest BCUT2D eigenvalue weighted by Crippen LogP contribution is -2.46. The maximum Gasteiger partial charge on any atom is 0.254 e. The standard InChI is InChI=1S/C16H18N2OS/c1-16(2)11-18(9-10-20-16)15(19)13-5-3-7-14-12(13)6-4-8-17-14/h3-8H,9-11H2,1-2H3. The van der Waals surface area contributed by atoms with Crippen LogP contribution in [0, 0.1) is 0 Å². The minimum atomic E-state index is 0.122. The van der Waals surface area contributed by atoms with E-state index in [2.05, 4.69) is 18.8 Å². The van der Waals surface area contributed by atoms with E-state index in [-0.39, 0.29) is 10.7 Å². The molecule has 0 bridgehead atoms. The lowest BCUT2D eigenvalue weighted by molar-refractivity contribution is 0.0750. The maximum absolute atomic E-state index is 12.8. The zero-order valence-corrected chi connectivity index (χ0v) is 12.6. The third-order valence-corrected chi connectivity index (χ3v) is 4.89. The van der Waals surface area contributed by atoms with Gasteiger partial charge in [-0.05, 0) is 32.0 Å². The highest BCUT2D eigenvalue weighted by atomic mass is 32.2. The molecule has 2 aromatic rings. The fourth-order valence-corrected chi connectivity index (χ4v) is 3.76. The number of thioether (sulfide) groups is 1. The van der Waals surface area contributed by atoms with Crippen molar-refractivity contribution in [3.63, 3.8) is 0 Å². The average Bonchev–Trinajstić information content (AvgIpc) is 2.45. The molecule has 1 aromatic heterocycles. The lowest BCUT2D eigenvalue weighted by Gasteiger charge is -2.37. The highest BCUT2D eigenvalue weighted by molar-refractivity contribution is 8.00. The molecule has 0 radical (unpaired) electrons. The summed E-state index contributed by atoms with van der Waals surface area (Å²) in [5, 5.41) is 0.941. The third kappa shape index (κ3) is 2.52. The summed E-state index contributed by atoms with van der Waals surface area (Å²) in [5.74, 6) is 1.12. The molecule has 3 rings (SSSR count). The van der Waals surface area contributed by atoms with Crippen molar-refractivity contribution in [3.05, 3.63) is 42.1 Å². The first-order valence-electron chi connectivity index (χ1n) is 6.84. The van der Waals surface area contributed by atoms with Gasteiger partial charge in [-0.25, -0.2) is 0 Å². The third-order valence-electron chi connectivity index (χ3n) is 3.59. The highest BCUT2D eigenvalue weighted by Gasteiger charge is 2.30. The second-order valence-corrected chi connectivity index (χ2v) is 7.51. The van der Waals surface area contributed by atoms with Crippen molar-refractivity contribution in [2.45, 2.75) is 18.6 Å². The molecule has 0 unspecified atom stereocenters. The van der Waals surface area contributed by atoms with Gasteiger partial charge in [-0.1, -0.05) is 12.1 Å². The van der Waals surface area contributed by atoms with Crippen LogP contribution in [0.25, 0.3) is 10.9 Å². The zero-order valence-electron chi connectivity index (χ0n) is 11.8. The molecule has 1 fully saturated rings. The van der Waals surface area contributed by atoms with Crippen molar-refractivity contribution < 1.29 is 4.79 Å². The number of hydrogen-bond donors (Lipinski definition) is 0. The average molecular weight is 286 g/mol. The summed E-state index contributed by atoms with van der Waals surface area (Å²) in [6, 6.07) is 9.62. The fraction of sp³-hybridized carbons (Fsp3) is 0.375. The number of rotatable bonds is 1. The van der Waals surface area contributed by atoms with Crippen molar-refractivity contribution in [2.75, 3.05) is 18.8 Å². The molecular weight excluding hydrogens is 268 g/mol. The van der Waals surface area contributed by atoms with Gasteiger partial charge in [0, 0.05) is 40.7 Å². The first-order valence-corrected chi connectivity index (χ1v) is 7.82. The molecule has 4 heteroatoms. The van der Waals surface area contributed by atoms with Crippen LogP contribution >= 0.6 is 11.8 Å². The molecule has 0 saturated carbocycles. The van der Waals surface area contributed by atoms with Gasteiger partial charge in [0.2, 0.25) is 0 Å². The molecule has 3 nitrogen and oxygen atoms in total. The predicted octanol–water partition coefficient (Wildman–Crippen LogP) is 3.20. The summed E-state index contributed by atoms with van der Waals surface area (Å²) in [5.41, 5.74) is 1.64. The molecule has 0 spiro atoms. The molecule has 104 valence electrons. The molecule has 1 aliphatic heterocycles. The molecule has 1 saturated heterocycles. The largest absolute Gasteiger partial charge is 0.336 e. The minimum absolute atomic E-state index is 0.122. The highest BCUT2D eigenvalue weighted by Crippen LogP contribution is 2.30. The van der Waals surface area contributed by atoms with Crippen LogP contribution in [0.5, 0.6) is 0 Å². The van der Waals surface area contributed by atoms with Gasteiger partial charge in [0.15, 0.2) is 0 Å². The van der Waals surface area contributed by atoms with Crippen LogP contribution in [-0.4, -0.2) is 39.4 Å². The van der Waals surface area contributed by atoms with E-state index in [9.17, 15) is 4.79 Å². The van der Waals surface area contributed by atoms with E-state index in [1.807, 2.05) is 47.0 Å². The number of benzene rings is 1. The number of nitrogens with zero attached hydrogens (tertiary/aromatic N) is 2. The summed E-state index contributed by atoms with van der Waals surface area (Å²) in [6.07, 6.45) is 1.76. The summed E-state index contributed by atoms with van der Waals surface area (Å²) >= 11 is 1.93. The van der Waals surface area contributed by atoms with E-state index in [0.717, 1.165) is 35.3 Å². The molecule has 0 aliphatic carbocycles. The van der Waals surface area contributed by atoms with Crippen LogP contribution in [0.1, 0.15) is 24.2 Å². The molecule has 1 amide bonds. The van der Waals surface area contributed by atoms with E-state index in [4.69, 9.17) is 0 Å². The van der Waals surface area contributed by atoms with Gasteiger partial charge in [0.1, 0.15) is 0 Å². The van der Waals surface area contributed by atoms with Gasteiger partial charge >= 0.3 is 0 Å². The van der Waals surface area contributed by atoms with Gasteiger partial charge in [-0.2, -0.15) is 11.8 Å². The van der Waals surface area contributed by atoms with Crippen LogP contribution in [0.15, 0.2) is 36.5 Å². The summed E-state index contributed by atoms with van der Waals surface area (Å²) in [4.78, 5) is 19.1. The number of fused-ring (bicyclic) bond motifs is 1. The Hall–Kier alpha value is -1.55. The van der Waals surface area contributed by atoms with E-state index in [1.54, 1.807) is 6.20 Å². The number of aromatic nitrogens is 1. The molecule has 2 heterocycles. The molecule has 20 heavy (non-hydrogen) atoms. The summed E-state index contributed by atoms with van der Waals surface area (Å²) < 4.78 is 0.136. The van der Waals surface area contributed by atoms with Crippen LogP contribution in [0.4, 0.5) is 0 Å². The SMILES string of the molecule is CC1(C)CN(C(=O)c2cccc3ncccc23)CCS1. The van der Waals surface area contributed by atoms with Crippen molar-refractivity contribution in [1.29, 1.82) is 0 Å². The summed E-state index contributed by atoms with van der Waals surface area (Å²) in [6.45, 7) is 6.01. The van der Waals surface area contributed by atoms with E-state index >= 15 is 0 Å². The maximum atomic E-state index is 12.8. The number of amides is 1. The first kappa shape index (κ1) is 13.4. The lowest BCUT2D eigenvalue weighted by atomic mass is 10.1. The molecule has 1 aromatic carbocycles. The topological polar surface area (TPSA) is 33.2 Å². The normalized spacial score (nSPS) is 18.2. The van der Waals surface area contributed by atoms with Crippen LogP contribution in [0.3, 0.4) is 0 Å². The first-order chi connectivity index (χ1) is 9.57. The predicted molar refractivity (Wildman–Crippen MR) is 84.2 cm³/mol. The molecular formula is C16H18N2OS. The molecule has 1 aliphatic rings. The van der Waals surface area contributed by atoms with E-state index in [1.165, 1.54) is 0 Å². The Kier molecular flexibility index (Phi) is 3.42. The zero-order chi connectivity index (χ0) is 14.2. The van der Waals surface area contributed by atoms with E-state index < -0.39 is 0 Å². The summed E-state index contributed by atoms with van der Waals surface area (Å²) in [7, 11) is 0. The van der Waals surface area contributed by atoms with Crippen LogP contribution in [0.2, 0.25) is 0 Å². The Bertz CT molecular complexity index is 648. The minimum Gasteiger partial charge on any atom is -0.336 e. The second kappa shape index (κ2) is 5.09. The Morgan fingerprint density at radius 3 is 2.95 bits per heavy atom. The van der Waals surface area contributed by atoms with Gasteiger partial charge < -0.3 is 4.90 Å². The van der Waals surface area contributed by atoms with Gasteiger partial charge in [-0.15, -0.1) is 0 Å². The molecule has 0 N–H and O–H groups in total. The molecule has 0 atom stereocenters. The Morgan fingerprint density at radius 2 is 2.15 bits per heavy atom. The van der Waals surface area contributed by atoms with Crippen molar-refractivity contribution >= 4 is 28.6 Å².